The van der Waals surface area contributed by atoms with Gasteiger partial charge in [-0.2, -0.15) is 13.2 Å². The maximum absolute atomic E-state index is 13.4. The standard InChI is InChI=1S/C26H38F3N5O5/c1-15-6-8-16(9-7-15)21(39-24(37)33-25(2,3)4)22(35)32-20-12-17(10-11-30-20)18(14-38-5)34-13-19(26(27,28)29)31-23(34)36/h10-12,15-16,18-19,21H,6-9,13-14H2,1-5H3,(H,31,36)(H,33,37)(H,30,32,35)/t15?,16?,18-,19-,21?/m0/s1. The smallest absolute Gasteiger partial charge is 0.410 e. The van der Waals surface area contributed by atoms with E-state index in [0.717, 1.165) is 30.6 Å². The number of urea groups is 1. The van der Waals surface area contributed by atoms with E-state index in [1.54, 1.807) is 26.8 Å². The second-order valence-electron chi connectivity index (χ2n) is 11.4. The van der Waals surface area contributed by atoms with Crippen molar-refractivity contribution in [2.45, 2.75) is 83.3 Å². The van der Waals surface area contributed by atoms with Crippen LogP contribution in [0.15, 0.2) is 18.3 Å². The van der Waals surface area contributed by atoms with Crippen LogP contribution in [0.4, 0.5) is 28.6 Å². The number of carbonyl (C=O) groups excluding carboxylic acids is 3. The second kappa shape index (κ2) is 12.4. The Morgan fingerprint density at radius 2 is 1.87 bits per heavy atom. The molecule has 0 spiro atoms. The van der Waals surface area contributed by atoms with Gasteiger partial charge in [0.25, 0.3) is 5.91 Å². The monoisotopic (exact) mass is 557 g/mol. The van der Waals surface area contributed by atoms with Gasteiger partial charge in [0, 0.05) is 24.8 Å². The van der Waals surface area contributed by atoms with Gasteiger partial charge in [-0.05, 0) is 57.2 Å². The SMILES string of the molecule is COC[C@@H](c1ccnc(NC(=O)C(OC(=O)NC(C)(C)C)C2CCC(C)CC2)c1)N1C[C@@H](C(F)(F)F)NC1=O. The molecule has 1 unspecified atom stereocenters. The fourth-order valence-electron chi connectivity index (χ4n) is 4.86. The van der Waals surface area contributed by atoms with Gasteiger partial charge in [-0.3, -0.25) is 4.79 Å². The van der Waals surface area contributed by atoms with Gasteiger partial charge in [0.1, 0.15) is 11.9 Å². The highest BCUT2D eigenvalue weighted by molar-refractivity contribution is 5.95. The van der Waals surface area contributed by atoms with E-state index in [-0.39, 0.29) is 18.3 Å². The number of carbonyl (C=O) groups is 3. The van der Waals surface area contributed by atoms with Crippen LogP contribution in [-0.4, -0.2) is 72.0 Å². The molecule has 2 heterocycles. The summed E-state index contributed by atoms with van der Waals surface area (Å²) in [5, 5.41) is 7.36. The van der Waals surface area contributed by atoms with Crippen LogP contribution in [0.1, 0.15) is 65.0 Å². The van der Waals surface area contributed by atoms with E-state index in [1.165, 1.54) is 19.4 Å². The minimum atomic E-state index is -4.59. The molecule has 0 bridgehead atoms. The Balaban J connectivity index is 1.79. The molecular weight excluding hydrogens is 519 g/mol. The third-order valence-electron chi connectivity index (χ3n) is 6.91. The zero-order valence-electron chi connectivity index (χ0n) is 22.9. The lowest BCUT2D eigenvalue weighted by atomic mass is 9.80. The first-order chi connectivity index (χ1) is 18.2. The van der Waals surface area contributed by atoms with E-state index >= 15 is 0 Å². The maximum atomic E-state index is 13.4. The molecule has 3 N–H and O–H groups in total. The number of methoxy groups -OCH3 is 1. The van der Waals surface area contributed by atoms with Crippen molar-refractivity contribution >= 4 is 23.8 Å². The summed E-state index contributed by atoms with van der Waals surface area (Å²) in [7, 11) is 1.38. The van der Waals surface area contributed by atoms with Crippen LogP contribution < -0.4 is 16.0 Å². The Morgan fingerprint density at radius 1 is 1.21 bits per heavy atom. The summed E-state index contributed by atoms with van der Waals surface area (Å²) in [6.45, 7) is 6.88. The van der Waals surface area contributed by atoms with Crippen molar-refractivity contribution < 1.29 is 37.0 Å². The minimum Gasteiger partial charge on any atom is -0.436 e. The number of nitrogens with zero attached hydrogens (tertiary/aromatic N) is 2. The lowest BCUT2D eigenvalue weighted by molar-refractivity contribution is -0.150. The Morgan fingerprint density at radius 3 is 2.44 bits per heavy atom. The van der Waals surface area contributed by atoms with Gasteiger partial charge < -0.3 is 30.3 Å². The highest BCUT2D eigenvalue weighted by Crippen LogP contribution is 2.33. The van der Waals surface area contributed by atoms with E-state index in [2.05, 4.69) is 22.5 Å². The van der Waals surface area contributed by atoms with E-state index in [4.69, 9.17) is 9.47 Å². The van der Waals surface area contributed by atoms with E-state index in [1.807, 2.05) is 5.32 Å². The van der Waals surface area contributed by atoms with Crippen molar-refractivity contribution in [1.29, 1.82) is 0 Å². The van der Waals surface area contributed by atoms with Crippen molar-refractivity contribution in [2.24, 2.45) is 11.8 Å². The average Bonchev–Trinajstić information content (AvgIpc) is 3.22. The Labute approximate surface area is 226 Å². The second-order valence-corrected chi connectivity index (χ2v) is 11.4. The first-order valence-electron chi connectivity index (χ1n) is 13.1. The zero-order valence-corrected chi connectivity index (χ0v) is 22.9. The van der Waals surface area contributed by atoms with Crippen molar-refractivity contribution in [3.05, 3.63) is 23.9 Å². The summed E-state index contributed by atoms with van der Waals surface area (Å²) in [5.41, 5.74) is -0.132. The highest BCUT2D eigenvalue weighted by Gasteiger charge is 2.48. The predicted molar refractivity (Wildman–Crippen MR) is 137 cm³/mol. The molecule has 0 aromatic carbocycles. The van der Waals surface area contributed by atoms with Crippen LogP contribution >= 0.6 is 0 Å². The largest absolute Gasteiger partial charge is 0.436 e. The minimum absolute atomic E-state index is 0.0750. The summed E-state index contributed by atoms with van der Waals surface area (Å²) >= 11 is 0. The first kappa shape index (κ1) is 30.5. The number of aromatic nitrogens is 1. The Bertz CT molecular complexity index is 1020. The van der Waals surface area contributed by atoms with Gasteiger partial charge >= 0.3 is 18.3 Å². The van der Waals surface area contributed by atoms with Gasteiger partial charge in [0.05, 0.1) is 19.2 Å². The van der Waals surface area contributed by atoms with Gasteiger partial charge in [0.15, 0.2) is 6.10 Å². The van der Waals surface area contributed by atoms with Crippen molar-refractivity contribution in [3.8, 4) is 0 Å². The fourth-order valence-corrected chi connectivity index (χ4v) is 4.86. The molecule has 4 amide bonds. The van der Waals surface area contributed by atoms with Crippen LogP contribution in [0, 0.1) is 11.8 Å². The molecule has 1 aliphatic heterocycles. The molecule has 218 valence electrons. The number of hydrogen-bond acceptors (Lipinski definition) is 6. The first-order valence-corrected chi connectivity index (χ1v) is 13.1. The summed E-state index contributed by atoms with van der Waals surface area (Å²) < 4.78 is 50.5. The molecule has 2 fully saturated rings. The molecule has 1 aromatic heterocycles. The number of hydrogen-bond donors (Lipinski definition) is 3. The Hall–Kier alpha value is -3.09. The molecule has 39 heavy (non-hydrogen) atoms. The topological polar surface area (TPSA) is 122 Å². The number of ether oxygens (including phenoxy) is 2. The molecule has 10 nitrogen and oxygen atoms in total. The van der Waals surface area contributed by atoms with Crippen LogP contribution in [0.5, 0.6) is 0 Å². The van der Waals surface area contributed by atoms with Gasteiger partial charge in [-0.15, -0.1) is 0 Å². The third kappa shape index (κ3) is 8.45. The van der Waals surface area contributed by atoms with Gasteiger partial charge in [-0.1, -0.05) is 19.8 Å². The molecule has 3 atom stereocenters. The van der Waals surface area contributed by atoms with Crippen LogP contribution in [0.2, 0.25) is 0 Å². The summed E-state index contributed by atoms with van der Waals surface area (Å²) in [5.74, 6) is -0.102. The molecular formula is C26H38F3N5O5. The van der Waals surface area contributed by atoms with Crippen molar-refractivity contribution in [1.82, 2.24) is 20.5 Å². The van der Waals surface area contributed by atoms with E-state index in [0.29, 0.717) is 11.5 Å². The van der Waals surface area contributed by atoms with E-state index < -0.39 is 54.5 Å². The predicted octanol–water partition coefficient (Wildman–Crippen LogP) is 4.38. The number of anilines is 1. The van der Waals surface area contributed by atoms with Crippen LogP contribution in [-0.2, 0) is 14.3 Å². The molecule has 1 aliphatic carbocycles. The number of pyridine rings is 1. The van der Waals surface area contributed by atoms with Crippen LogP contribution in [0.3, 0.4) is 0 Å². The molecule has 2 aliphatic rings. The van der Waals surface area contributed by atoms with Gasteiger partial charge in [0.2, 0.25) is 0 Å². The molecule has 1 saturated carbocycles. The molecule has 1 saturated heterocycles. The van der Waals surface area contributed by atoms with Gasteiger partial charge in [-0.25, -0.2) is 14.6 Å². The Kier molecular flexibility index (Phi) is 9.68. The number of alkyl carbamates (subject to hydrolysis) is 1. The number of amides is 4. The lowest BCUT2D eigenvalue weighted by Crippen LogP contribution is -2.47. The molecule has 3 rings (SSSR count). The lowest BCUT2D eigenvalue weighted by Gasteiger charge is -2.32. The maximum Gasteiger partial charge on any atom is 0.410 e. The summed E-state index contributed by atoms with van der Waals surface area (Å²) in [6, 6.07) is -0.705. The number of alkyl halides is 3. The molecule has 1 aromatic rings. The van der Waals surface area contributed by atoms with Crippen molar-refractivity contribution in [3.63, 3.8) is 0 Å². The highest BCUT2D eigenvalue weighted by atomic mass is 19.4. The quantitative estimate of drug-likeness (QED) is 0.436. The van der Waals surface area contributed by atoms with E-state index in [9.17, 15) is 27.6 Å². The fraction of sp³-hybridized carbons (Fsp3) is 0.692. The normalized spacial score (nSPS) is 23.5. The number of halogens is 3. The average molecular weight is 558 g/mol. The molecule has 13 heteroatoms. The van der Waals surface area contributed by atoms with Crippen LogP contribution in [0.25, 0.3) is 0 Å². The van der Waals surface area contributed by atoms with Crippen molar-refractivity contribution in [2.75, 3.05) is 25.6 Å². The number of rotatable bonds is 8. The third-order valence-corrected chi connectivity index (χ3v) is 6.91. The zero-order chi connectivity index (χ0) is 29.0. The number of nitrogens with one attached hydrogen (secondary N) is 3. The molecule has 0 radical (unpaired) electrons. The summed E-state index contributed by atoms with van der Waals surface area (Å²) in [4.78, 5) is 43.6. The summed E-state index contributed by atoms with van der Waals surface area (Å²) in [6.07, 6.45) is -1.73.